The van der Waals surface area contributed by atoms with Crippen LogP contribution in [0.3, 0.4) is 0 Å². The molecular formula is C20H41O3P. The topological polar surface area (TPSA) is 60.7 Å². The van der Waals surface area contributed by atoms with Crippen molar-refractivity contribution in [3.63, 3.8) is 0 Å². The van der Waals surface area contributed by atoms with E-state index >= 15 is 0 Å². The van der Waals surface area contributed by atoms with Crippen LogP contribution in [-0.2, 0) is 0 Å². The van der Waals surface area contributed by atoms with E-state index in [1.807, 2.05) is 0 Å². The molecule has 4 unspecified atom stereocenters. The fourth-order valence-electron chi connectivity index (χ4n) is 5.55. The van der Waals surface area contributed by atoms with Gasteiger partial charge in [-0.1, -0.05) is 0 Å². The Labute approximate surface area is 149 Å². The second-order valence-electron chi connectivity index (χ2n) is 8.67. The van der Waals surface area contributed by atoms with E-state index in [2.05, 4.69) is 13.8 Å². The molecule has 0 amide bonds. The Kier molecular flexibility index (Phi) is 7.56. The average molecular weight is 361 g/mol. The Hall–Kier alpha value is 0.310. The van der Waals surface area contributed by atoms with Crippen LogP contribution in [0, 0.1) is 17.8 Å². The molecule has 0 spiro atoms. The molecular weight excluding hydrogens is 319 g/mol. The second-order valence-corrected chi connectivity index (χ2v) is 12.2. The Morgan fingerprint density at radius 1 is 0.708 bits per heavy atom. The molecule has 2 rings (SSSR count). The van der Waals surface area contributed by atoms with Crippen LogP contribution >= 0.6 is 7.28 Å². The minimum absolute atomic E-state index is 0.232. The van der Waals surface area contributed by atoms with E-state index in [-0.39, 0.29) is 11.8 Å². The van der Waals surface area contributed by atoms with E-state index in [1.54, 1.807) is 0 Å². The molecule has 144 valence electrons. The van der Waals surface area contributed by atoms with E-state index in [9.17, 15) is 14.7 Å². The maximum absolute atomic E-state index is 10.8. The summed E-state index contributed by atoms with van der Waals surface area (Å²) in [5, 5.41) is 0. The number of rotatable bonds is 8. The molecule has 2 saturated carbocycles. The van der Waals surface area contributed by atoms with Crippen LogP contribution < -0.4 is 0 Å². The molecule has 4 atom stereocenters. The fourth-order valence-corrected chi connectivity index (χ4v) is 8.65. The third kappa shape index (κ3) is 5.40. The Balaban J connectivity index is 1.82. The molecule has 3 N–H and O–H groups in total. The fraction of sp³-hybridized carbons (Fsp3) is 1.00. The van der Waals surface area contributed by atoms with Gasteiger partial charge >= 0.3 is 149 Å². The predicted octanol–water partition coefficient (Wildman–Crippen LogP) is 5.62. The van der Waals surface area contributed by atoms with E-state index in [4.69, 9.17) is 0 Å². The molecule has 2 aliphatic rings. The van der Waals surface area contributed by atoms with Crippen LogP contribution in [0.2, 0.25) is 0 Å². The van der Waals surface area contributed by atoms with Crippen LogP contribution in [0.15, 0.2) is 0 Å². The molecule has 2 aliphatic carbocycles. The van der Waals surface area contributed by atoms with Gasteiger partial charge in [-0.3, -0.25) is 0 Å². The molecule has 3 nitrogen and oxygen atoms in total. The summed E-state index contributed by atoms with van der Waals surface area (Å²) >= 11 is 0. The molecule has 0 aliphatic heterocycles. The summed E-state index contributed by atoms with van der Waals surface area (Å²) in [7, 11) is -4.48. The van der Waals surface area contributed by atoms with Gasteiger partial charge in [0.1, 0.15) is 0 Å². The first kappa shape index (κ1) is 20.6. The number of hydrogen-bond acceptors (Lipinski definition) is 3. The summed E-state index contributed by atoms with van der Waals surface area (Å²) in [5.74, 6) is 1.98. The van der Waals surface area contributed by atoms with E-state index < -0.39 is 7.28 Å². The standard InChI is InChI=1S/C20H41O3P/c1-3-17-11-5-6-13-19(17)14-9-10-16-24(21,22,23)20-15-8-7-12-18(20)4-2/h17-23H,3-16H2,1-2H3. The summed E-state index contributed by atoms with van der Waals surface area (Å²) in [6.45, 7) is 4.42. The second kappa shape index (κ2) is 8.80. The summed E-state index contributed by atoms with van der Waals surface area (Å²) in [5.41, 5.74) is -0.257. The molecule has 24 heavy (non-hydrogen) atoms. The van der Waals surface area contributed by atoms with Gasteiger partial charge in [0.05, 0.1) is 0 Å². The molecule has 0 radical (unpaired) electrons. The van der Waals surface area contributed by atoms with Gasteiger partial charge in [-0.25, -0.2) is 0 Å². The number of unbranched alkanes of at least 4 members (excludes halogenated alkanes) is 1. The van der Waals surface area contributed by atoms with Gasteiger partial charge in [0.2, 0.25) is 0 Å². The van der Waals surface area contributed by atoms with Crippen molar-refractivity contribution in [3.8, 4) is 0 Å². The van der Waals surface area contributed by atoms with Crippen molar-refractivity contribution >= 4 is 7.28 Å². The van der Waals surface area contributed by atoms with Crippen molar-refractivity contribution in [1.29, 1.82) is 0 Å². The number of hydrogen-bond donors (Lipinski definition) is 3. The zero-order chi connectivity index (χ0) is 17.7. The third-order valence-electron chi connectivity index (χ3n) is 7.08. The monoisotopic (exact) mass is 360 g/mol. The molecule has 0 saturated heterocycles. The quantitative estimate of drug-likeness (QED) is 0.389. The van der Waals surface area contributed by atoms with Crippen molar-refractivity contribution in [2.75, 3.05) is 6.16 Å². The van der Waals surface area contributed by atoms with Gasteiger partial charge in [0.25, 0.3) is 0 Å². The van der Waals surface area contributed by atoms with Gasteiger partial charge in [0.15, 0.2) is 0 Å². The van der Waals surface area contributed by atoms with E-state index in [0.29, 0.717) is 5.92 Å². The van der Waals surface area contributed by atoms with Crippen molar-refractivity contribution in [2.45, 2.75) is 103 Å². The normalized spacial score (nSPS) is 33.8. The van der Waals surface area contributed by atoms with E-state index in [0.717, 1.165) is 50.4 Å². The Bertz CT molecular complexity index is 377. The minimum atomic E-state index is -4.48. The van der Waals surface area contributed by atoms with Gasteiger partial charge in [0, 0.05) is 0 Å². The predicted molar refractivity (Wildman–Crippen MR) is 104 cm³/mol. The maximum atomic E-state index is 10.8. The van der Waals surface area contributed by atoms with Crippen molar-refractivity contribution in [1.82, 2.24) is 0 Å². The van der Waals surface area contributed by atoms with Crippen molar-refractivity contribution in [2.24, 2.45) is 17.8 Å². The van der Waals surface area contributed by atoms with Crippen LogP contribution in [0.25, 0.3) is 0 Å². The van der Waals surface area contributed by atoms with Crippen LogP contribution in [0.4, 0.5) is 0 Å². The molecule has 0 heterocycles. The molecule has 2 fully saturated rings. The van der Waals surface area contributed by atoms with Crippen LogP contribution in [0.5, 0.6) is 0 Å². The van der Waals surface area contributed by atoms with Gasteiger partial charge in [-0.05, 0) is 0 Å². The van der Waals surface area contributed by atoms with Crippen LogP contribution in [0.1, 0.15) is 97.3 Å². The molecule has 0 aromatic heterocycles. The van der Waals surface area contributed by atoms with Gasteiger partial charge < -0.3 is 0 Å². The first-order chi connectivity index (χ1) is 11.4. The van der Waals surface area contributed by atoms with Crippen molar-refractivity contribution < 1.29 is 14.7 Å². The Morgan fingerprint density at radius 2 is 1.25 bits per heavy atom. The molecule has 0 aromatic carbocycles. The van der Waals surface area contributed by atoms with E-state index in [1.165, 1.54) is 44.9 Å². The first-order valence-electron chi connectivity index (χ1n) is 10.6. The third-order valence-corrected chi connectivity index (χ3v) is 10.3. The SMILES string of the molecule is CCC1CCCCC1CCCCP(O)(O)(O)C1CCCCC1CC. The zero-order valence-corrected chi connectivity index (χ0v) is 16.9. The summed E-state index contributed by atoms with van der Waals surface area (Å²) in [6, 6.07) is 0. The first-order valence-corrected chi connectivity index (χ1v) is 13.0. The molecule has 4 heteroatoms. The summed E-state index contributed by atoms with van der Waals surface area (Å²) in [6.07, 6.45) is 15.0. The summed E-state index contributed by atoms with van der Waals surface area (Å²) in [4.78, 5) is 32.3. The summed E-state index contributed by atoms with van der Waals surface area (Å²) < 4.78 is 0. The van der Waals surface area contributed by atoms with Gasteiger partial charge in [-0.2, -0.15) is 0 Å². The Morgan fingerprint density at radius 3 is 1.88 bits per heavy atom. The van der Waals surface area contributed by atoms with Gasteiger partial charge in [-0.15, -0.1) is 0 Å². The molecule has 0 aromatic rings. The average Bonchev–Trinajstić information content (AvgIpc) is 2.58. The molecule has 0 bridgehead atoms. The zero-order valence-electron chi connectivity index (χ0n) is 16.0. The van der Waals surface area contributed by atoms with Crippen LogP contribution in [-0.4, -0.2) is 26.5 Å². The van der Waals surface area contributed by atoms with Crippen molar-refractivity contribution in [3.05, 3.63) is 0 Å².